The maximum atomic E-state index is 12.8. The number of nitrogens with two attached hydrogens (primary N) is 1. The van der Waals surface area contributed by atoms with Gasteiger partial charge in [-0.1, -0.05) is 39.9 Å². The summed E-state index contributed by atoms with van der Waals surface area (Å²) in [5.74, 6) is -2.66. The van der Waals surface area contributed by atoms with Gasteiger partial charge < -0.3 is 21.4 Å². The summed E-state index contributed by atoms with van der Waals surface area (Å²) >= 11 is 8.18. The number of hydrogen-bond acceptors (Lipinski definition) is 9. The molecule has 1 fully saturated rings. The molecule has 5 N–H and O–H groups in total. The monoisotopic (exact) mass is 509 g/mol. The number of anilines is 1. The summed E-state index contributed by atoms with van der Waals surface area (Å²) in [6.45, 7) is 0. The SMILES string of the molecule is C[n+]1ccc(SC2=C(C(=O)O)N3C(=O)[C@@H](NC(=O)/C(=N\O)c4nc(N)sc4Cl)C3CC2)cc1. The van der Waals surface area contributed by atoms with E-state index in [4.69, 9.17) is 17.3 Å². The van der Waals surface area contributed by atoms with Gasteiger partial charge in [-0.25, -0.2) is 14.3 Å². The van der Waals surface area contributed by atoms with Gasteiger partial charge in [0.05, 0.1) is 6.04 Å². The van der Waals surface area contributed by atoms with Crippen molar-refractivity contribution in [3.05, 3.63) is 45.2 Å². The summed E-state index contributed by atoms with van der Waals surface area (Å²) in [7, 11) is 1.87. The van der Waals surface area contributed by atoms with Gasteiger partial charge in [0.1, 0.15) is 28.8 Å². The van der Waals surface area contributed by atoms with E-state index >= 15 is 0 Å². The van der Waals surface area contributed by atoms with Gasteiger partial charge in [-0.15, -0.1) is 0 Å². The Morgan fingerprint density at radius 2 is 2.12 bits per heavy atom. The minimum atomic E-state index is -1.22. The van der Waals surface area contributed by atoms with Crippen molar-refractivity contribution in [2.75, 3.05) is 5.73 Å². The topological polar surface area (TPSA) is 162 Å². The van der Waals surface area contributed by atoms with E-state index in [0.29, 0.717) is 17.7 Å². The van der Waals surface area contributed by atoms with Crippen molar-refractivity contribution >= 4 is 63.3 Å². The van der Waals surface area contributed by atoms with E-state index in [9.17, 15) is 24.7 Å². The molecule has 0 aromatic carbocycles. The van der Waals surface area contributed by atoms with Gasteiger partial charge in [0.2, 0.25) is 0 Å². The van der Waals surface area contributed by atoms with Crippen LogP contribution in [-0.4, -0.2) is 55.8 Å². The van der Waals surface area contributed by atoms with Gasteiger partial charge in [0.25, 0.3) is 11.8 Å². The molecule has 33 heavy (non-hydrogen) atoms. The maximum Gasteiger partial charge on any atom is 0.353 e. The second-order valence-corrected chi connectivity index (χ2v) is 10.1. The van der Waals surface area contributed by atoms with Crippen molar-refractivity contribution in [1.82, 2.24) is 15.2 Å². The number of fused-ring (bicyclic) bond motifs is 1. The number of halogens is 1. The second kappa shape index (κ2) is 9.00. The molecule has 0 saturated carbocycles. The third-order valence-electron chi connectivity index (χ3n) is 5.21. The van der Waals surface area contributed by atoms with Gasteiger partial charge in [-0.2, -0.15) is 0 Å². The summed E-state index contributed by atoms with van der Waals surface area (Å²) in [4.78, 5) is 44.0. The molecular formula is C19H18ClN6O5S2+. The van der Waals surface area contributed by atoms with Crippen molar-refractivity contribution in [3.8, 4) is 0 Å². The van der Waals surface area contributed by atoms with Gasteiger partial charge >= 0.3 is 5.97 Å². The molecule has 2 atom stereocenters. The number of carboxylic acids is 1. The van der Waals surface area contributed by atoms with Crippen LogP contribution in [0.2, 0.25) is 4.34 Å². The van der Waals surface area contributed by atoms with Gasteiger partial charge in [0, 0.05) is 21.9 Å². The number of thioether (sulfide) groups is 1. The molecule has 172 valence electrons. The first-order valence-corrected chi connectivity index (χ1v) is 11.6. The van der Waals surface area contributed by atoms with Crippen LogP contribution in [-0.2, 0) is 21.4 Å². The van der Waals surface area contributed by atoms with Gasteiger partial charge in [-0.05, 0) is 12.8 Å². The Bertz CT molecular complexity index is 1210. The lowest BCUT2D eigenvalue weighted by molar-refractivity contribution is -0.671. The summed E-state index contributed by atoms with van der Waals surface area (Å²) in [6.07, 6.45) is 4.56. The molecule has 1 unspecified atom stereocenters. The fourth-order valence-electron chi connectivity index (χ4n) is 3.70. The summed E-state index contributed by atoms with van der Waals surface area (Å²) in [5.41, 5.74) is 4.89. The number of allylic oxidation sites excluding steroid dienone is 1. The number of nitrogen functional groups attached to an aromatic ring is 1. The van der Waals surface area contributed by atoms with Crippen LogP contribution in [0.15, 0.2) is 45.2 Å². The van der Waals surface area contributed by atoms with E-state index in [2.05, 4.69) is 15.5 Å². The average Bonchev–Trinajstić information content (AvgIpc) is 3.11. The minimum absolute atomic E-state index is 0.0574. The Balaban J connectivity index is 1.53. The van der Waals surface area contributed by atoms with Crippen LogP contribution in [0.5, 0.6) is 0 Å². The minimum Gasteiger partial charge on any atom is -0.477 e. The number of hydrogen-bond donors (Lipinski definition) is 4. The third-order valence-corrected chi connectivity index (χ3v) is 7.45. The Kier molecular flexibility index (Phi) is 6.28. The number of carboxylic acid groups (broad SMARTS) is 1. The summed E-state index contributed by atoms with van der Waals surface area (Å²) in [6, 6.07) is 2.20. The molecule has 11 nitrogen and oxygen atoms in total. The quantitative estimate of drug-likeness (QED) is 0.147. The van der Waals surface area contributed by atoms with Gasteiger partial charge in [0.15, 0.2) is 23.2 Å². The first-order chi connectivity index (χ1) is 15.7. The lowest BCUT2D eigenvalue weighted by Gasteiger charge is -2.50. The number of aryl methyl sites for hydroxylation is 1. The van der Waals surface area contributed by atoms with E-state index in [1.807, 2.05) is 36.1 Å². The van der Waals surface area contributed by atoms with Crippen molar-refractivity contribution < 1.29 is 29.3 Å². The predicted octanol–water partition coefficient (Wildman–Crippen LogP) is 0.959. The predicted molar refractivity (Wildman–Crippen MR) is 120 cm³/mol. The van der Waals surface area contributed by atoms with Crippen LogP contribution >= 0.6 is 34.7 Å². The van der Waals surface area contributed by atoms with Crippen LogP contribution in [0.4, 0.5) is 5.13 Å². The number of aromatic nitrogens is 2. The lowest BCUT2D eigenvalue weighted by atomic mass is 9.86. The molecule has 2 aliphatic heterocycles. The van der Waals surface area contributed by atoms with Crippen LogP contribution in [0.1, 0.15) is 18.5 Å². The molecule has 0 bridgehead atoms. The lowest BCUT2D eigenvalue weighted by Crippen LogP contribution is -2.72. The van der Waals surface area contributed by atoms with E-state index in [1.54, 1.807) is 0 Å². The smallest absolute Gasteiger partial charge is 0.353 e. The first kappa shape index (κ1) is 23.0. The molecule has 2 amide bonds. The highest BCUT2D eigenvalue weighted by Crippen LogP contribution is 2.43. The Morgan fingerprint density at radius 3 is 2.70 bits per heavy atom. The molecule has 4 rings (SSSR count). The molecule has 0 radical (unpaired) electrons. The van der Waals surface area contributed by atoms with Crippen LogP contribution in [0.3, 0.4) is 0 Å². The van der Waals surface area contributed by atoms with Crippen molar-refractivity contribution in [3.63, 3.8) is 0 Å². The fraction of sp³-hybridized carbons (Fsp3) is 0.263. The number of carbonyl (C=O) groups excluding carboxylic acids is 2. The van der Waals surface area contributed by atoms with Crippen LogP contribution < -0.4 is 15.6 Å². The highest BCUT2D eigenvalue weighted by Gasteiger charge is 2.53. The Hall–Kier alpha value is -3.16. The molecule has 2 aromatic heterocycles. The number of carbonyl (C=O) groups is 3. The number of nitrogens with one attached hydrogen (secondary N) is 1. The molecule has 4 heterocycles. The molecule has 14 heteroatoms. The average molecular weight is 510 g/mol. The largest absolute Gasteiger partial charge is 0.477 e. The summed E-state index contributed by atoms with van der Waals surface area (Å²) in [5, 5.41) is 24.6. The molecule has 0 spiro atoms. The number of pyridine rings is 1. The Labute approximate surface area is 200 Å². The normalized spacial score (nSPS) is 20.4. The molecule has 2 aliphatic rings. The van der Waals surface area contributed by atoms with Crippen LogP contribution in [0, 0.1) is 0 Å². The molecule has 2 aromatic rings. The van der Waals surface area contributed by atoms with Crippen molar-refractivity contribution in [2.24, 2.45) is 12.2 Å². The highest BCUT2D eigenvalue weighted by atomic mass is 35.5. The number of aliphatic carboxylic acids is 1. The van der Waals surface area contributed by atoms with E-state index < -0.39 is 35.6 Å². The first-order valence-electron chi connectivity index (χ1n) is 9.59. The van der Waals surface area contributed by atoms with Crippen LogP contribution in [0.25, 0.3) is 0 Å². The zero-order valence-electron chi connectivity index (χ0n) is 17.1. The van der Waals surface area contributed by atoms with Gasteiger partial charge in [-0.3, -0.25) is 14.5 Å². The number of amides is 2. The third kappa shape index (κ3) is 4.26. The Morgan fingerprint density at radius 1 is 1.42 bits per heavy atom. The van der Waals surface area contributed by atoms with E-state index in [-0.39, 0.29) is 20.9 Å². The maximum absolute atomic E-state index is 12.8. The molecule has 0 aliphatic carbocycles. The summed E-state index contributed by atoms with van der Waals surface area (Å²) < 4.78 is 1.92. The molecule has 1 saturated heterocycles. The number of oxime groups is 1. The zero-order chi connectivity index (χ0) is 23.9. The number of β-lactam (4-membered cyclic amide) rings is 1. The number of rotatable bonds is 6. The fourth-order valence-corrected chi connectivity index (χ4v) is 5.67. The standard InChI is InChI=1S/C19H17ClN6O5S2/c1-25-6-4-8(5-7-25)32-10-3-2-9-11(17(28)26(9)14(10)18(29)30)22-16(27)13(24-31)12-15(20)33-19(21)23-12/h4-7,9,11H,2-3H2,1H3,(H4-,21,22,23,27,29,30,31)/p+1/t9?,11-/m0/s1. The van der Waals surface area contributed by atoms with E-state index in [0.717, 1.165) is 16.2 Å². The number of thiazole rings is 1. The highest BCUT2D eigenvalue weighted by molar-refractivity contribution is 8.03. The van der Waals surface area contributed by atoms with Crippen molar-refractivity contribution in [2.45, 2.75) is 29.8 Å². The number of nitrogens with zero attached hydrogens (tertiary/aromatic N) is 4. The second-order valence-electron chi connectivity index (χ2n) is 7.27. The zero-order valence-corrected chi connectivity index (χ0v) is 19.4. The van der Waals surface area contributed by atoms with Crippen molar-refractivity contribution in [1.29, 1.82) is 0 Å². The van der Waals surface area contributed by atoms with E-state index in [1.165, 1.54) is 16.7 Å². The molecular weight excluding hydrogens is 492 g/mol.